The summed E-state index contributed by atoms with van der Waals surface area (Å²) in [5, 5.41) is 20.7. The Hall–Kier alpha value is -0.610. The van der Waals surface area contributed by atoms with Gasteiger partial charge in [-0.3, -0.25) is 4.79 Å². The van der Waals surface area contributed by atoms with Crippen LogP contribution in [-0.4, -0.2) is 34.0 Å². The van der Waals surface area contributed by atoms with Crippen molar-refractivity contribution in [3.63, 3.8) is 0 Å². The number of fused-ring (bicyclic) bond motifs is 1. The maximum absolute atomic E-state index is 12.8. The molecule has 7 atom stereocenters. The Morgan fingerprint density at radius 3 is 2.29 bits per heavy atom. The number of ether oxygens (including phenoxy) is 1. The Balaban J connectivity index is 2.26. The lowest BCUT2D eigenvalue weighted by Gasteiger charge is -2.54. The quantitative estimate of drug-likeness (QED) is 0.771. The average Bonchev–Trinajstić information content (AvgIpc) is 2.46. The number of aliphatic hydroxyl groups excluding tert-OH is 2. The Bertz CT molecular complexity index is 455. The largest absolute Gasteiger partial charge is 0.460 e. The maximum atomic E-state index is 12.8. The van der Waals surface area contributed by atoms with E-state index < -0.39 is 23.2 Å². The lowest BCUT2D eigenvalue weighted by atomic mass is 9.52. The summed E-state index contributed by atoms with van der Waals surface area (Å²) >= 11 is 0. The fourth-order valence-electron chi connectivity index (χ4n) is 5.30. The molecule has 0 amide bonds. The van der Waals surface area contributed by atoms with E-state index in [1.165, 1.54) is 0 Å². The molecule has 2 aliphatic carbocycles. The SMILES string of the molecule is CCC1C[C@@](C)(C(=O)OC(C)(C)C)CC2C[C@@H](O)[C@H](O)C(CC)C12. The number of hydrogen-bond acceptors (Lipinski definition) is 4. The smallest absolute Gasteiger partial charge is 0.312 e. The molecule has 2 N–H and O–H groups in total. The summed E-state index contributed by atoms with van der Waals surface area (Å²) < 4.78 is 5.70. The molecule has 4 nitrogen and oxygen atoms in total. The van der Waals surface area contributed by atoms with E-state index in [4.69, 9.17) is 4.74 Å². The molecule has 0 bridgehead atoms. The monoisotopic (exact) mass is 340 g/mol. The summed E-state index contributed by atoms with van der Waals surface area (Å²) in [4.78, 5) is 12.8. The molecule has 4 unspecified atom stereocenters. The van der Waals surface area contributed by atoms with Gasteiger partial charge in [0.2, 0.25) is 0 Å². The summed E-state index contributed by atoms with van der Waals surface area (Å²) in [6.07, 6.45) is 2.74. The van der Waals surface area contributed by atoms with Crippen LogP contribution in [0.2, 0.25) is 0 Å². The number of carbonyl (C=O) groups is 1. The van der Waals surface area contributed by atoms with Crippen molar-refractivity contribution in [2.75, 3.05) is 0 Å². The van der Waals surface area contributed by atoms with E-state index in [0.29, 0.717) is 18.3 Å². The molecule has 24 heavy (non-hydrogen) atoms. The van der Waals surface area contributed by atoms with Crippen molar-refractivity contribution in [1.29, 1.82) is 0 Å². The van der Waals surface area contributed by atoms with Crippen LogP contribution in [0.1, 0.15) is 73.6 Å². The molecule has 4 heteroatoms. The van der Waals surface area contributed by atoms with Gasteiger partial charge < -0.3 is 14.9 Å². The van der Waals surface area contributed by atoms with Gasteiger partial charge in [-0.15, -0.1) is 0 Å². The molecule has 0 aromatic rings. The summed E-state index contributed by atoms with van der Waals surface area (Å²) in [5.41, 5.74) is -0.970. The summed E-state index contributed by atoms with van der Waals surface area (Å²) in [5.74, 6) is 1.10. The molecule has 2 fully saturated rings. The third-order valence-corrected chi connectivity index (χ3v) is 6.27. The van der Waals surface area contributed by atoms with Crippen molar-refractivity contribution in [2.45, 2.75) is 91.5 Å². The van der Waals surface area contributed by atoms with Crippen molar-refractivity contribution in [3.8, 4) is 0 Å². The molecule has 0 heterocycles. The maximum Gasteiger partial charge on any atom is 0.312 e. The van der Waals surface area contributed by atoms with Gasteiger partial charge in [0.05, 0.1) is 17.6 Å². The first-order chi connectivity index (χ1) is 11.0. The normalized spacial score (nSPS) is 43.2. The van der Waals surface area contributed by atoms with Gasteiger partial charge in [0.25, 0.3) is 0 Å². The number of rotatable bonds is 3. The number of esters is 1. The van der Waals surface area contributed by atoms with Crippen LogP contribution in [0.25, 0.3) is 0 Å². The zero-order valence-electron chi connectivity index (χ0n) is 16.2. The summed E-state index contributed by atoms with van der Waals surface area (Å²) in [6, 6.07) is 0. The van der Waals surface area contributed by atoms with Crippen LogP contribution in [-0.2, 0) is 9.53 Å². The second kappa shape index (κ2) is 6.95. The van der Waals surface area contributed by atoms with E-state index in [0.717, 1.165) is 25.7 Å². The van der Waals surface area contributed by atoms with Crippen molar-refractivity contribution in [1.82, 2.24) is 0 Å². The van der Waals surface area contributed by atoms with E-state index in [9.17, 15) is 15.0 Å². The zero-order valence-corrected chi connectivity index (χ0v) is 16.2. The zero-order chi connectivity index (χ0) is 18.3. The van der Waals surface area contributed by atoms with E-state index in [1.807, 2.05) is 27.7 Å². The highest BCUT2D eigenvalue weighted by Gasteiger charge is 2.54. The summed E-state index contributed by atoms with van der Waals surface area (Å²) in [7, 11) is 0. The first-order valence-electron chi connectivity index (χ1n) is 9.62. The highest BCUT2D eigenvalue weighted by atomic mass is 16.6. The molecule has 140 valence electrons. The predicted molar refractivity (Wildman–Crippen MR) is 94.4 cm³/mol. The fourth-order valence-corrected chi connectivity index (χ4v) is 5.30. The molecular weight excluding hydrogens is 304 g/mol. The molecule has 0 spiro atoms. The minimum Gasteiger partial charge on any atom is -0.460 e. The van der Waals surface area contributed by atoms with Crippen LogP contribution in [0.15, 0.2) is 0 Å². The first kappa shape index (κ1) is 19.7. The van der Waals surface area contributed by atoms with Gasteiger partial charge in [-0.05, 0) is 70.6 Å². The fraction of sp³-hybridized carbons (Fsp3) is 0.950. The highest BCUT2D eigenvalue weighted by Crippen LogP contribution is 2.55. The van der Waals surface area contributed by atoms with Gasteiger partial charge >= 0.3 is 5.97 Å². The molecular formula is C20H36O4. The van der Waals surface area contributed by atoms with Gasteiger partial charge in [0.1, 0.15) is 5.60 Å². The summed E-state index contributed by atoms with van der Waals surface area (Å²) in [6.45, 7) is 12.0. The molecule has 0 aromatic carbocycles. The standard InChI is InChI=1S/C20H36O4/c1-7-12-10-20(6,18(23)24-19(3,4)5)11-13-9-15(21)17(22)14(8-2)16(12)13/h12-17,21-22H,7-11H2,1-6H3/t12?,13?,14?,15-,16?,17-,20-/m1/s1. The van der Waals surface area contributed by atoms with Crippen LogP contribution in [0, 0.1) is 29.1 Å². The topological polar surface area (TPSA) is 66.8 Å². The lowest BCUT2D eigenvalue weighted by molar-refractivity contribution is -0.180. The second-order valence-electron chi connectivity index (χ2n) is 9.34. The third-order valence-electron chi connectivity index (χ3n) is 6.27. The van der Waals surface area contributed by atoms with Crippen molar-refractivity contribution < 1.29 is 19.7 Å². The average molecular weight is 341 g/mol. The molecule has 0 saturated heterocycles. The Kier molecular flexibility index (Phi) is 5.71. The van der Waals surface area contributed by atoms with Crippen molar-refractivity contribution in [2.24, 2.45) is 29.1 Å². The minimum absolute atomic E-state index is 0.111. The number of hydrogen-bond donors (Lipinski definition) is 2. The molecule has 2 saturated carbocycles. The minimum atomic E-state index is -0.672. The first-order valence-corrected chi connectivity index (χ1v) is 9.62. The van der Waals surface area contributed by atoms with E-state index in [1.54, 1.807) is 0 Å². The van der Waals surface area contributed by atoms with Gasteiger partial charge in [-0.2, -0.15) is 0 Å². The van der Waals surface area contributed by atoms with Crippen LogP contribution in [0.3, 0.4) is 0 Å². The van der Waals surface area contributed by atoms with E-state index in [2.05, 4.69) is 13.8 Å². The Labute approximate surface area is 147 Å². The molecule has 2 aliphatic rings. The number of carbonyl (C=O) groups excluding carboxylic acids is 1. The number of aliphatic hydroxyl groups is 2. The molecule has 2 rings (SSSR count). The van der Waals surface area contributed by atoms with Gasteiger partial charge in [-0.1, -0.05) is 26.7 Å². The molecule has 0 aromatic heterocycles. The van der Waals surface area contributed by atoms with Crippen LogP contribution < -0.4 is 0 Å². The predicted octanol–water partition coefficient (Wildman–Crippen LogP) is 3.54. The van der Waals surface area contributed by atoms with E-state index in [-0.39, 0.29) is 17.8 Å². The van der Waals surface area contributed by atoms with Crippen LogP contribution in [0.5, 0.6) is 0 Å². The van der Waals surface area contributed by atoms with Gasteiger partial charge in [-0.25, -0.2) is 0 Å². The van der Waals surface area contributed by atoms with Crippen LogP contribution in [0.4, 0.5) is 0 Å². The van der Waals surface area contributed by atoms with Crippen LogP contribution >= 0.6 is 0 Å². The third kappa shape index (κ3) is 3.80. The van der Waals surface area contributed by atoms with Crippen molar-refractivity contribution in [3.05, 3.63) is 0 Å². The second-order valence-corrected chi connectivity index (χ2v) is 9.34. The van der Waals surface area contributed by atoms with Crippen molar-refractivity contribution >= 4 is 5.97 Å². The molecule has 0 aliphatic heterocycles. The molecule has 0 radical (unpaired) electrons. The lowest BCUT2D eigenvalue weighted by Crippen LogP contribution is -2.54. The van der Waals surface area contributed by atoms with E-state index >= 15 is 0 Å². The Morgan fingerprint density at radius 1 is 1.17 bits per heavy atom. The van der Waals surface area contributed by atoms with Gasteiger partial charge in [0.15, 0.2) is 0 Å². The van der Waals surface area contributed by atoms with Gasteiger partial charge in [0, 0.05) is 0 Å². The Morgan fingerprint density at radius 2 is 1.79 bits per heavy atom. The highest BCUT2D eigenvalue weighted by molar-refractivity contribution is 5.77.